The van der Waals surface area contributed by atoms with Crippen molar-refractivity contribution in [2.75, 3.05) is 13.2 Å². The Morgan fingerprint density at radius 2 is 1.56 bits per heavy atom. The van der Waals surface area contributed by atoms with Crippen molar-refractivity contribution in [3.05, 3.63) is 59.1 Å². The van der Waals surface area contributed by atoms with Gasteiger partial charge in [0.25, 0.3) is 0 Å². The van der Waals surface area contributed by atoms with Crippen molar-refractivity contribution in [1.29, 1.82) is 0 Å². The molecule has 4 rings (SSSR count). The summed E-state index contributed by atoms with van der Waals surface area (Å²) in [4.78, 5) is 0. The average molecular weight is 485 g/mol. The fourth-order valence-corrected chi connectivity index (χ4v) is 4.92. The van der Waals surface area contributed by atoms with Crippen LogP contribution in [0.2, 0.25) is 5.02 Å². The second kappa shape index (κ2) is 13.5. The van der Waals surface area contributed by atoms with Crippen LogP contribution in [-0.4, -0.2) is 32.5 Å². The predicted octanol–water partition coefficient (Wildman–Crippen LogP) is 6.89. The molecule has 0 spiro atoms. The maximum Gasteiger partial charge on any atom is 0.494 e. The zero-order chi connectivity index (χ0) is 23.6. The van der Waals surface area contributed by atoms with Gasteiger partial charge in [-0.25, -0.2) is 0 Å². The molecule has 0 saturated carbocycles. The van der Waals surface area contributed by atoms with E-state index in [2.05, 4.69) is 6.92 Å². The van der Waals surface area contributed by atoms with Crippen LogP contribution in [0.3, 0.4) is 0 Å². The molecule has 2 aromatic carbocycles. The van der Waals surface area contributed by atoms with E-state index in [-0.39, 0.29) is 25.4 Å². The van der Waals surface area contributed by atoms with Crippen molar-refractivity contribution in [2.24, 2.45) is 0 Å². The number of fused-ring (bicyclic) bond motifs is 1. The van der Waals surface area contributed by atoms with E-state index >= 15 is 0 Å². The summed E-state index contributed by atoms with van der Waals surface area (Å²) in [7, 11) is -0.348. The minimum atomic E-state index is -0.348. The van der Waals surface area contributed by atoms with Gasteiger partial charge in [-0.15, -0.1) is 0 Å². The first-order valence-corrected chi connectivity index (χ1v) is 13.5. The van der Waals surface area contributed by atoms with Crippen molar-refractivity contribution in [1.82, 2.24) is 0 Å². The van der Waals surface area contributed by atoms with E-state index in [9.17, 15) is 0 Å². The topological polar surface area (TPSA) is 36.9 Å². The van der Waals surface area contributed by atoms with Crippen molar-refractivity contribution >= 4 is 24.2 Å². The Bertz CT molecular complexity index is 844. The largest absolute Gasteiger partial charge is 0.494 e. The fourth-order valence-electron chi connectivity index (χ4n) is 4.80. The number of halogens is 1. The fraction of sp³-hybridized carbons (Fsp3) is 0.571. The molecule has 0 bridgehead atoms. The van der Waals surface area contributed by atoms with Gasteiger partial charge < -0.3 is 18.8 Å². The van der Waals surface area contributed by atoms with Gasteiger partial charge in [0.15, 0.2) is 0 Å². The van der Waals surface area contributed by atoms with Crippen LogP contribution in [0.25, 0.3) is 0 Å². The number of hydrogen-bond donors (Lipinski definition) is 0. The number of hydrogen-bond acceptors (Lipinski definition) is 4. The van der Waals surface area contributed by atoms with E-state index in [1.54, 1.807) is 0 Å². The minimum absolute atomic E-state index is 0.0417. The molecule has 0 radical (unpaired) electrons. The third kappa shape index (κ3) is 7.48. The minimum Gasteiger partial charge on any atom is -0.494 e. The maximum absolute atomic E-state index is 6.30. The molecule has 184 valence electrons. The van der Waals surface area contributed by atoms with Gasteiger partial charge in [0.2, 0.25) is 0 Å². The Hall–Kier alpha value is -1.53. The molecule has 2 aromatic rings. The van der Waals surface area contributed by atoms with Crippen LogP contribution in [0.4, 0.5) is 0 Å². The van der Waals surface area contributed by atoms with E-state index in [4.69, 9.17) is 30.4 Å². The highest BCUT2D eigenvalue weighted by Crippen LogP contribution is 2.35. The lowest BCUT2D eigenvalue weighted by Crippen LogP contribution is -2.54. The normalized spacial score (nSPS) is 22.4. The maximum atomic E-state index is 6.30. The monoisotopic (exact) mass is 484 g/mol. The lowest BCUT2D eigenvalue weighted by atomic mass is 9.76. The van der Waals surface area contributed by atoms with Gasteiger partial charge in [0.05, 0.1) is 25.4 Å². The molecule has 34 heavy (non-hydrogen) atoms. The van der Waals surface area contributed by atoms with Crippen LogP contribution < -0.4 is 10.2 Å². The summed E-state index contributed by atoms with van der Waals surface area (Å²) in [5, 5.41) is 0.745. The number of ether oxygens (including phenoxy) is 2. The Morgan fingerprint density at radius 1 is 0.853 bits per heavy atom. The number of unbranched alkanes of at least 4 members (excludes halogenated alkanes) is 7. The Kier molecular flexibility index (Phi) is 10.2. The van der Waals surface area contributed by atoms with E-state index in [1.165, 1.54) is 44.9 Å². The molecule has 2 fully saturated rings. The van der Waals surface area contributed by atoms with Crippen LogP contribution in [-0.2, 0) is 14.0 Å². The first kappa shape index (κ1) is 25.6. The van der Waals surface area contributed by atoms with Crippen molar-refractivity contribution < 1.29 is 18.8 Å². The highest BCUT2D eigenvalue weighted by molar-refractivity contribution is 6.61. The summed E-state index contributed by atoms with van der Waals surface area (Å²) in [6, 6.07) is 16.1. The lowest BCUT2D eigenvalue weighted by molar-refractivity contribution is -0.150. The van der Waals surface area contributed by atoms with E-state index < -0.39 is 0 Å². The van der Waals surface area contributed by atoms with Gasteiger partial charge in [0, 0.05) is 5.02 Å². The zero-order valence-corrected chi connectivity index (χ0v) is 21.2. The summed E-state index contributed by atoms with van der Waals surface area (Å²) < 4.78 is 24.5. The highest BCUT2D eigenvalue weighted by atomic mass is 35.5. The third-order valence-corrected chi connectivity index (χ3v) is 7.09. The summed E-state index contributed by atoms with van der Waals surface area (Å²) in [6.45, 7) is 3.58. The quantitative estimate of drug-likeness (QED) is 0.243. The summed E-state index contributed by atoms with van der Waals surface area (Å²) >= 11 is 6.02. The van der Waals surface area contributed by atoms with Gasteiger partial charge in [-0.1, -0.05) is 87.7 Å². The van der Waals surface area contributed by atoms with Crippen LogP contribution in [0.1, 0.15) is 82.8 Å². The Morgan fingerprint density at radius 3 is 2.29 bits per heavy atom. The molecule has 2 aliphatic heterocycles. The molecule has 0 unspecified atom stereocenters. The molecule has 0 amide bonds. The smallest absolute Gasteiger partial charge is 0.494 e. The molecule has 2 heterocycles. The van der Waals surface area contributed by atoms with Gasteiger partial charge in [-0.3, -0.25) is 0 Å². The Balaban J connectivity index is 1.16. The van der Waals surface area contributed by atoms with Crippen molar-refractivity contribution in [2.45, 2.75) is 89.4 Å². The lowest BCUT2D eigenvalue weighted by Gasteiger charge is -2.41. The van der Waals surface area contributed by atoms with E-state index in [1.807, 2.05) is 48.5 Å². The van der Waals surface area contributed by atoms with E-state index in [0.717, 1.165) is 47.7 Å². The molecular weight excluding hydrogens is 447 g/mol. The second-order valence-electron chi connectivity index (χ2n) is 9.52. The van der Waals surface area contributed by atoms with Crippen molar-refractivity contribution in [3.8, 4) is 5.75 Å². The molecular formula is C28H38BClO4. The van der Waals surface area contributed by atoms with Crippen molar-refractivity contribution in [3.63, 3.8) is 0 Å². The van der Waals surface area contributed by atoms with E-state index in [0.29, 0.717) is 6.61 Å². The molecule has 6 heteroatoms. The molecule has 2 aliphatic rings. The standard InChI is InChI=1S/C28H38BClO4/c1-2-3-4-5-6-7-8-9-20-31-25-16-12-23(13-17-25)29-32-21-28-27(34-29)19-18-26(33-28)22-10-14-24(30)15-11-22/h10-17,26-28H,2-9,18-21H2,1H3/t26-,27+,28-/m1/s1. The molecule has 0 aliphatic carbocycles. The van der Waals surface area contributed by atoms with Crippen LogP contribution in [0.5, 0.6) is 5.75 Å². The molecule has 0 aromatic heterocycles. The van der Waals surface area contributed by atoms with Gasteiger partial charge >= 0.3 is 7.12 Å². The van der Waals surface area contributed by atoms with Crippen LogP contribution >= 0.6 is 11.6 Å². The summed E-state index contributed by atoms with van der Waals surface area (Å²) in [5.74, 6) is 0.909. The number of rotatable bonds is 12. The second-order valence-corrected chi connectivity index (χ2v) is 9.96. The first-order valence-electron chi connectivity index (χ1n) is 13.1. The van der Waals surface area contributed by atoms with Gasteiger partial charge in [0.1, 0.15) is 11.9 Å². The molecule has 2 saturated heterocycles. The highest BCUT2D eigenvalue weighted by Gasteiger charge is 2.41. The summed E-state index contributed by atoms with van der Waals surface area (Å²) in [6.07, 6.45) is 12.4. The summed E-state index contributed by atoms with van der Waals surface area (Å²) in [5.41, 5.74) is 2.19. The van der Waals surface area contributed by atoms with Crippen LogP contribution in [0.15, 0.2) is 48.5 Å². The van der Waals surface area contributed by atoms with Gasteiger partial charge in [-0.2, -0.15) is 0 Å². The average Bonchev–Trinajstić information content (AvgIpc) is 2.88. The molecule has 0 N–H and O–H groups in total. The SMILES string of the molecule is CCCCCCCCCCOc1ccc(B2OC[C@H]3O[C@@H](c4ccc(Cl)cc4)CC[C@@H]3O2)cc1. The zero-order valence-electron chi connectivity index (χ0n) is 20.4. The predicted molar refractivity (Wildman–Crippen MR) is 139 cm³/mol. The Labute approximate surface area is 210 Å². The third-order valence-electron chi connectivity index (χ3n) is 6.84. The molecule has 3 atom stereocenters. The number of benzene rings is 2. The molecule has 4 nitrogen and oxygen atoms in total. The first-order chi connectivity index (χ1) is 16.7. The van der Waals surface area contributed by atoms with Crippen LogP contribution in [0, 0.1) is 0 Å². The van der Waals surface area contributed by atoms with Gasteiger partial charge in [-0.05, 0) is 54.6 Å².